The molecule has 0 aliphatic carbocycles. The van der Waals surface area contributed by atoms with Gasteiger partial charge in [0.1, 0.15) is 6.10 Å². The average Bonchev–Trinajstić information content (AvgIpc) is 2.27. The minimum absolute atomic E-state index is 0.168. The van der Waals surface area contributed by atoms with E-state index < -0.39 is 37.6 Å². The fourth-order valence-electron chi connectivity index (χ4n) is 1.79. The van der Waals surface area contributed by atoms with Crippen molar-refractivity contribution in [2.24, 2.45) is 0 Å². The number of hydrogen-bond acceptors (Lipinski definition) is 6. The first-order chi connectivity index (χ1) is 7.62. The lowest BCUT2D eigenvalue weighted by atomic mass is 9.96. The molecular weight excluding hydrogens is 218 g/mol. The summed E-state index contributed by atoms with van der Waals surface area (Å²) in [4.78, 5) is 14.8. The largest absolute Gasteiger partial charge is 0.853 e. The summed E-state index contributed by atoms with van der Waals surface area (Å²) in [7, 11) is 0. The summed E-state index contributed by atoms with van der Waals surface area (Å²) in [6.45, 7) is 0.371. The maximum atomic E-state index is 10.9. The maximum absolute atomic E-state index is 10.9. The Kier molecular flexibility index (Phi) is 5.10. The van der Waals surface area contributed by atoms with Crippen LogP contribution in [-0.2, 0) is 14.4 Å². The summed E-state index contributed by atoms with van der Waals surface area (Å²) < 4.78 is 5.20. The highest BCUT2D eigenvalue weighted by molar-refractivity contribution is 5.73. The first-order valence-electron chi connectivity index (χ1n) is 5.02. The van der Waals surface area contributed by atoms with Crippen LogP contribution in [0, 0.1) is 0 Å². The van der Waals surface area contributed by atoms with Gasteiger partial charge in [0.25, 0.3) is 0 Å². The van der Waals surface area contributed by atoms with Crippen LogP contribution in [0.4, 0.5) is 0 Å². The van der Waals surface area contributed by atoms with Gasteiger partial charge in [0.2, 0.25) is 5.91 Å². The van der Waals surface area contributed by atoms with Crippen molar-refractivity contribution in [3.8, 4) is 0 Å². The highest BCUT2D eigenvalue weighted by Crippen LogP contribution is 2.21. The Morgan fingerprint density at radius 3 is 2.75 bits per heavy atom. The van der Waals surface area contributed by atoms with Crippen LogP contribution in [0.25, 0.3) is 0 Å². The number of aliphatic hydroxyl groups excluding tert-OH is 1. The molecule has 0 aromatic rings. The second kappa shape index (κ2) is 6.12. The Morgan fingerprint density at radius 2 is 2.31 bits per heavy atom. The normalized spacial score (nSPS) is 34.8. The third-order valence-electron chi connectivity index (χ3n) is 2.56. The molecule has 0 spiro atoms. The first kappa shape index (κ1) is 13.3. The molecule has 0 aromatic heterocycles. The van der Waals surface area contributed by atoms with Gasteiger partial charge in [-0.25, -0.2) is 0 Å². The van der Waals surface area contributed by atoms with E-state index in [1.54, 1.807) is 0 Å². The summed E-state index contributed by atoms with van der Waals surface area (Å²) in [5, 5.41) is 32.7. The topological polar surface area (TPSA) is 114 Å². The van der Waals surface area contributed by atoms with Gasteiger partial charge in [0.15, 0.2) is 0 Å². The van der Waals surface area contributed by atoms with Gasteiger partial charge in [0.05, 0.1) is 24.9 Å². The molecule has 0 radical (unpaired) electrons. The van der Waals surface area contributed by atoms with Crippen LogP contribution in [0.2, 0.25) is 0 Å². The molecule has 1 rings (SSSR count). The molecule has 1 amide bonds. The van der Waals surface area contributed by atoms with E-state index in [0.29, 0.717) is 0 Å². The van der Waals surface area contributed by atoms with Crippen LogP contribution in [0.3, 0.4) is 0 Å². The fourth-order valence-corrected chi connectivity index (χ4v) is 1.79. The number of nitrogens with one attached hydrogen (secondary N) is 1. The minimum Gasteiger partial charge on any atom is -0.853 e. The Labute approximate surface area is 92.9 Å². The first-order valence-corrected chi connectivity index (χ1v) is 5.02. The van der Waals surface area contributed by atoms with Gasteiger partial charge >= 0.3 is 0 Å². The van der Waals surface area contributed by atoms with Crippen molar-refractivity contribution in [3.05, 3.63) is 0 Å². The molecule has 1 saturated heterocycles. The highest BCUT2D eigenvalue weighted by Gasteiger charge is 2.35. The number of rotatable bonds is 4. The molecule has 0 bridgehead atoms. The molecule has 1 aliphatic rings. The Hall–Kier alpha value is -0.730. The molecule has 2 N–H and O–H groups in total. The summed E-state index contributed by atoms with van der Waals surface area (Å²) >= 11 is 0. The Balaban J connectivity index is 2.66. The fraction of sp³-hybridized carbons (Fsp3) is 0.889. The SMILES string of the molecule is CC(=O)NC1CC(O[O-])C(CO)OC1C[O-]. The number of amides is 1. The number of aliphatic hydroxyl groups is 1. The van der Waals surface area contributed by atoms with E-state index in [4.69, 9.17) is 9.84 Å². The molecule has 4 atom stereocenters. The molecule has 7 heteroatoms. The quantitative estimate of drug-likeness (QED) is 0.387. The monoisotopic (exact) mass is 233 g/mol. The summed E-state index contributed by atoms with van der Waals surface area (Å²) in [5.41, 5.74) is 0. The van der Waals surface area contributed by atoms with E-state index in [-0.39, 0.29) is 12.3 Å². The van der Waals surface area contributed by atoms with Gasteiger partial charge < -0.3 is 30.4 Å². The van der Waals surface area contributed by atoms with Crippen molar-refractivity contribution in [2.45, 2.75) is 37.7 Å². The van der Waals surface area contributed by atoms with E-state index in [1.165, 1.54) is 6.92 Å². The molecule has 1 aliphatic heterocycles. The molecule has 1 fully saturated rings. The summed E-state index contributed by atoms with van der Waals surface area (Å²) in [5.74, 6) is -0.306. The zero-order valence-corrected chi connectivity index (χ0v) is 8.92. The standard InChI is InChI=1S/C9H16NO6/c1-5(13)10-6-2-7(16-14)9(4-12)15-8(6)3-11/h6-9,12,14H,2-4H2,1H3,(H,10,13)/q-1/p-1. The molecule has 16 heavy (non-hydrogen) atoms. The van der Waals surface area contributed by atoms with Crippen molar-refractivity contribution in [2.75, 3.05) is 13.2 Å². The van der Waals surface area contributed by atoms with E-state index in [1.807, 2.05) is 0 Å². The summed E-state index contributed by atoms with van der Waals surface area (Å²) in [6, 6.07) is -0.545. The number of carbonyl (C=O) groups is 1. The second-order valence-corrected chi connectivity index (χ2v) is 3.74. The van der Waals surface area contributed by atoms with E-state index in [0.717, 1.165) is 0 Å². The zero-order valence-electron chi connectivity index (χ0n) is 8.92. The van der Waals surface area contributed by atoms with Crippen LogP contribution in [-0.4, -0.2) is 48.6 Å². The molecule has 0 saturated carbocycles. The third-order valence-corrected chi connectivity index (χ3v) is 2.56. The van der Waals surface area contributed by atoms with Gasteiger partial charge in [-0.15, -0.1) is 6.61 Å². The van der Waals surface area contributed by atoms with Gasteiger partial charge in [-0.2, -0.15) is 0 Å². The molecular formula is C9H15NO6-2. The van der Waals surface area contributed by atoms with Crippen LogP contribution < -0.4 is 15.7 Å². The van der Waals surface area contributed by atoms with Crippen LogP contribution in [0.15, 0.2) is 0 Å². The Bertz CT molecular complexity index is 236. The number of ether oxygens (including phenoxy) is 1. The average molecular weight is 233 g/mol. The lowest BCUT2D eigenvalue weighted by Gasteiger charge is -2.43. The Morgan fingerprint density at radius 1 is 1.62 bits per heavy atom. The van der Waals surface area contributed by atoms with Crippen molar-refractivity contribution in [1.29, 1.82) is 0 Å². The molecule has 0 aromatic carbocycles. The lowest BCUT2D eigenvalue weighted by Crippen LogP contribution is -2.58. The van der Waals surface area contributed by atoms with Crippen molar-refractivity contribution in [1.82, 2.24) is 5.32 Å². The van der Waals surface area contributed by atoms with Gasteiger partial charge in [-0.05, 0) is 6.42 Å². The van der Waals surface area contributed by atoms with Gasteiger partial charge in [-0.3, -0.25) is 4.79 Å². The van der Waals surface area contributed by atoms with E-state index in [2.05, 4.69) is 10.2 Å². The van der Waals surface area contributed by atoms with Crippen LogP contribution >= 0.6 is 0 Å². The van der Waals surface area contributed by atoms with Crippen LogP contribution in [0.5, 0.6) is 0 Å². The minimum atomic E-state index is -0.857. The molecule has 1 heterocycles. The van der Waals surface area contributed by atoms with Crippen molar-refractivity contribution >= 4 is 5.91 Å². The van der Waals surface area contributed by atoms with E-state index in [9.17, 15) is 15.2 Å². The second-order valence-electron chi connectivity index (χ2n) is 3.74. The number of hydrogen-bond donors (Lipinski definition) is 2. The predicted octanol–water partition coefficient (Wildman–Crippen LogP) is -3.34. The third kappa shape index (κ3) is 3.13. The lowest BCUT2D eigenvalue weighted by molar-refractivity contribution is -0.707. The maximum Gasteiger partial charge on any atom is 0.217 e. The zero-order chi connectivity index (χ0) is 12.1. The highest BCUT2D eigenvalue weighted by atomic mass is 17.1. The number of carbonyl (C=O) groups excluding carboxylic acids is 1. The van der Waals surface area contributed by atoms with Gasteiger partial charge in [-0.1, -0.05) is 0 Å². The molecule has 7 nitrogen and oxygen atoms in total. The summed E-state index contributed by atoms with van der Waals surface area (Å²) in [6.07, 6.45) is -2.24. The van der Waals surface area contributed by atoms with Crippen molar-refractivity contribution < 1.29 is 29.9 Å². The van der Waals surface area contributed by atoms with Crippen LogP contribution in [0.1, 0.15) is 13.3 Å². The molecule has 4 unspecified atom stereocenters. The molecule has 94 valence electrons. The smallest absolute Gasteiger partial charge is 0.217 e. The van der Waals surface area contributed by atoms with Gasteiger partial charge in [0, 0.05) is 6.92 Å². The van der Waals surface area contributed by atoms with Crippen molar-refractivity contribution in [3.63, 3.8) is 0 Å². The van der Waals surface area contributed by atoms with E-state index >= 15 is 0 Å². The predicted molar refractivity (Wildman–Crippen MR) is 47.7 cm³/mol.